The highest BCUT2D eigenvalue weighted by atomic mass is 16.5. The monoisotopic (exact) mass is 400 g/mol. The molecule has 1 spiro atoms. The molecular formula is C24H36N2O3. The number of piperidine rings is 2. The standard InChI is InChI=1S/C24H36N2O3/c1-3-19-6-4-5-7-21(19)23(28)26-12-9-24(10-13-26)14-20(29-17-24)15-25-11-8-18(2)22(27)16-25/h4-7,18,20,22,27H,3,8-17H2,1-2H3/t18-,20+,22-/m1/s1. The average molecular weight is 401 g/mol. The molecule has 5 heteroatoms. The lowest BCUT2D eigenvalue weighted by molar-refractivity contribution is 0.000907. The number of aliphatic hydroxyl groups excluding tert-OH is 1. The van der Waals surface area contributed by atoms with Gasteiger partial charge >= 0.3 is 0 Å². The Kier molecular flexibility index (Phi) is 6.28. The Morgan fingerprint density at radius 2 is 2.00 bits per heavy atom. The van der Waals surface area contributed by atoms with Crippen LogP contribution in [0.15, 0.2) is 24.3 Å². The van der Waals surface area contributed by atoms with E-state index in [1.54, 1.807) is 0 Å². The third-order valence-electron chi connectivity index (χ3n) is 7.49. The number of hydrogen-bond acceptors (Lipinski definition) is 4. The smallest absolute Gasteiger partial charge is 0.254 e. The van der Waals surface area contributed by atoms with E-state index in [0.717, 1.165) is 82.6 Å². The van der Waals surface area contributed by atoms with E-state index in [1.165, 1.54) is 0 Å². The number of nitrogens with zero attached hydrogens (tertiary/aromatic N) is 2. The van der Waals surface area contributed by atoms with Gasteiger partial charge in [-0.15, -0.1) is 0 Å². The van der Waals surface area contributed by atoms with Crippen molar-refractivity contribution in [2.24, 2.45) is 11.3 Å². The van der Waals surface area contributed by atoms with Crippen LogP contribution in [0.3, 0.4) is 0 Å². The predicted molar refractivity (Wildman–Crippen MR) is 114 cm³/mol. The zero-order valence-corrected chi connectivity index (χ0v) is 18.0. The summed E-state index contributed by atoms with van der Waals surface area (Å²) in [6.45, 7) is 9.47. The van der Waals surface area contributed by atoms with Crippen molar-refractivity contribution in [2.75, 3.05) is 39.3 Å². The molecule has 3 saturated heterocycles. The molecule has 5 nitrogen and oxygen atoms in total. The maximum absolute atomic E-state index is 13.0. The van der Waals surface area contributed by atoms with Gasteiger partial charge in [-0.05, 0) is 61.6 Å². The lowest BCUT2D eigenvalue weighted by atomic mass is 9.76. The summed E-state index contributed by atoms with van der Waals surface area (Å²) >= 11 is 0. The van der Waals surface area contributed by atoms with Crippen molar-refractivity contribution in [1.82, 2.24) is 9.80 Å². The Morgan fingerprint density at radius 1 is 1.24 bits per heavy atom. The lowest BCUT2D eigenvalue weighted by Crippen LogP contribution is -2.46. The number of ether oxygens (including phenoxy) is 1. The second kappa shape index (κ2) is 8.75. The van der Waals surface area contributed by atoms with Gasteiger partial charge in [0.2, 0.25) is 0 Å². The molecule has 0 aromatic heterocycles. The quantitative estimate of drug-likeness (QED) is 0.844. The molecule has 3 heterocycles. The van der Waals surface area contributed by atoms with Gasteiger partial charge in [0.25, 0.3) is 5.91 Å². The number of carbonyl (C=O) groups excluding carboxylic acids is 1. The fraction of sp³-hybridized carbons (Fsp3) is 0.708. The molecule has 3 aliphatic rings. The Balaban J connectivity index is 1.30. The van der Waals surface area contributed by atoms with Gasteiger partial charge in [-0.2, -0.15) is 0 Å². The molecule has 1 aromatic carbocycles. The highest BCUT2D eigenvalue weighted by molar-refractivity contribution is 5.95. The van der Waals surface area contributed by atoms with Gasteiger partial charge in [-0.1, -0.05) is 32.0 Å². The topological polar surface area (TPSA) is 53.0 Å². The number of likely N-dealkylation sites (tertiary alicyclic amines) is 2. The summed E-state index contributed by atoms with van der Waals surface area (Å²) in [6, 6.07) is 8.00. The number of β-amino-alcohol motifs (C(OH)–C–C–N with tert-alkyl or cyclic N) is 1. The summed E-state index contributed by atoms with van der Waals surface area (Å²) in [5.74, 6) is 0.589. The third kappa shape index (κ3) is 4.52. The molecule has 1 amide bonds. The van der Waals surface area contributed by atoms with Crippen LogP contribution in [0.4, 0.5) is 0 Å². The van der Waals surface area contributed by atoms with Crippen LogP contribution in [-0.4, -0.2) is 72.4 Å². The van der Waals surface area contributed by atoms with E-state index in [-0.39, 0.29) is 23.5 Å². The molecular weight excluding hydrogens is 364 g/mol. The molecule has 3 aliphatic heterocycles. The van der Waals surface area contributed by atoms with Crippen LogP contribution in [0.25, 0.3) is 0 Å². The maximum Gasteiger partial charge on any atom is 0.254 e. The Morgan fingerprint density at radius 3 is 2.72 bits per heavy atom. The predicted octanol–water partition coefficient (Wildman–Crippen LogP) is 2.96. The van der Waals surface area contributed by atoms with Crippen molar-refractivity contribution in [3.05, 3.63) is 35.4 Å². The Hall–Kier alpha value is -1.43. The summed E-state index contributed by atoms with van der Waals surface area (Å²) in [4.78, 5) is 17.4. The zero-order valence-electron chi connectivity index (χ0n) is 18.0. The summed E-state index contributed by atoms with van der Waals surface area (Å²) in [6.07, 6.45) is 5.15. The molecule has 4 rings (SSSR count). The first-order valence-electron chi connectivity index (χ1n) is 11.4. The van der Waals surface area contributed by atoms with Crippen LogP contribution in [0.1, 0.15) is 55.5 Å². The van der Waals surface area contributed by atoms with E-state index < -0.39 is 0 Å². The number of benzene rings is 1. The van der Waals surface area contributed by atoms with Crippen LogP contribution in [0.5, 0.6) is 0 Å². The van der Waals surface area contributed by atoms with E-state index in [1.807, 2.05) is 23.1 Å². The SMILES string of the molecule is CCc1ccccc1C(=O)N1CCC2(CC1)CO[C@H](CN1CC[C@@H](C)[C@H](O)C1)C2. The molecule has 0 bridgehead atoms. The zero-order chi connectivity index (χ0) is 20.4. The average Bonchev–Trinajstić information content (AvgIpc) is 3.12. The fourth-order valence-electron chi connectivity index (χ4n) is 5.32. The Labute approximate surface area is 175 Å². The van der Waals surface area contributed by atoms with Crippen molar-refractivity contribution >= 4 is 5.91 Å². The van der Waals surface area contributed by atoms with Crippen LogP contribution in [0, 0.1) is 11.3 Å². The van der Waals surface area contributed by atoms with Gasteiger partial charge in [0.15, 0.2) is 0 Å². The first-order chi connectivity index (χ1) is 14.0. The van der Waals surface area contributed by atoms with E-state index in [0.29, 0.717) is 5.92 Å². The molecule has 1 N–H and O–H groups in total. The summed E-state index contributed by atoms with van der Waals surface area (Å²) < 4.78 is 6.20. The normalized spacial score (nSPS) is 30.0. The number of carbonyl (C=O) groups is 1. The van der Waals surface area contributed by atoms with Crippen molar-refractivity contribution < 1.29 is 14.6 Å². The summed E-state index contributed by atoms with van der Waals surface area (Å²) in [7, 11) is 0. The first-order valence-corrected chi connectivity index (χ1v) is 11.4. The second-order valence-corrected chi connectivity index (χ2v) is 9.53. The van der Waals surface area contributed by atoms with Crippen molar-refractivity contribution in [2.45, 2.75) is 58.2 Å². The van der Waals surface area contributed by atoms with Crippen LogP contribution >= 0.6 is 0 Å². The minimum Gasteiger partial charge on any atom is -0.392 e. The van der Waals surface area contributed by atoms with Crippen LogP contribution < -0.4 is 0 Å². The van der Waals surface area contributed by atoms with E-state index in [4.69, 9.17) is 4.74 Å². The number of aryl methyl sites for hydroxylation is 1. The second-order valence-electron chi connectivity index (χ2n) is 9.53. The lowest BCUT2D eigenvalue weighted by Gasteiger charge is -2.39. The molecule has 3 atom stereocenters. The van der Waals surface area contributed by atoms with Gasteiger partial charge in [-0.25, -0.2) is 0 Å². The van der Waals surface area contributed by atoms with Gasteiger partial charge in [-0.3, -0.25) is 9.69 Å². The van der Waals surface area contributed by atoms with Gasteiger partial charge in [0.05, 0.1) is 18.8 Å². The third-order valence-corrected chi connectivity index (χ3v) is 7.49. The highest BCUT2D eigenvalue weighted by Gasteiger charge is 2.43. The number of amides is 1. The minimum atomic E-state index is -0.209. The molecule has 0 unspecified atom stereocenters. The molecule has 0 radical (unpaired) electrons. The fourth-order valence-corrected chi connectivity index (χ4v) is 5.32. The molecule has 29 heavy (non-hydrogen) atoms. The van der Waals surface area contributed by atoms with Crippen LogP contribution in [-0.2, 0) is 11.2 Å². The van der Waals surface area contributed by atoms with E-state index in [9.17, 15) is 9.90 Å². The number of aliphatic hydroxyl groups is 1. The minimum absolute atomic E-state index is 0.184. The van der Waals surface area contributed by atoms with Crippen molar-refractivity contribution in [1.29, 1.82) is 0 Å². The molecule has 160 valence electrons. The first kappa shape index (κ1) is 20.8. The van der Waals surface area contributed by atoms with Gasteiger partial charge < -0.3 is 14.7 Å². The van der Waals surface area contributed by atoms with Crippen LogP contribution in [0.2, 0.25) is 0 Å². The van der Waals surface area contributed by atoms with E-state index in [2.05, 4.69) is 24.8 Å². The summed E-state index contributed by atoms with van der Waals surface area (Å²) in [5, 5.41) is 10.2. The molecule has 0 aliphatic carbocycles. The number of rotatable bonds is 4. The van der Waals surface area contributed by atoms with Gasteiger partial charge in [0.1, 0.15) is 0 Å². The van der Waals surface area contributed by atoms with Crippen molar-refractivity contribution in [3.63, 3.8) is 0 Å². The molecule has 0 saturated carbocycles. The maximum atomic E-state index is 13.0. The number of hydrogen-bond donors (Lipinski definition) is 1. The largest absolute Gasteiger partial charge is 0.392 e. The van der Waals surface area contributed by atoms with Crippen molar-refractivity contribution in [3.8, 4) is 0 Å². The van der Waals surface area contributed by atoms with E-state index >= 15 is 0 Å². The Bertz CT molecular complexity index is 714. The molecule has 3 fully saturated rings. The summed E-state index contributed by atoms with van der Waals surface area (Å²) in [5.41, 5.74) is 2.23. The molecule has 1 aromatic rings. The highest BCUT2D eigenvalue weighted by Crippen LogP contribution is 2.42. The van der Waals surface area contributed by atoms with Gasteiger partial charge in [0, 0.05) is 31.7 Å².